The topological polar surface area (TPSA) is 15.3 Å². The van der Waals surface area contributed by atoms with Crippen molar-refractivity contribution in [3.8, 4) is 0 Å². The molecule has 3 rings (SSSR count). The van der Waals surface area contributed by atoms with Crippen LogP contribution in [-0.4, -0.2) is 11.4 Å². The van der Waals surface area contributed by atoms with Gasteiger partial charge in [-0.2, -0.15) is 0 Å². The summed E-state index contributed by atoms with van der Waals surface area (Å²) in [6.45, 7) is 6.12. The number of nitrogens with one attached hydrogen (secondary N) is 1. The highest BCUT2D eigenvalue weighted by molar-refractivity contribution is 5.47. The fraction of sp³-hybridized carbons (Fsp3) is 0.176. The van der Waals surface area contributed by atoms with E-state index >= 15 is 0 Å². The van der Waals surface area contributed by atoms with E-state index in [9.17, 15) is 0 Å². The van der Waals surface area contributed by atoms with Crippen molar-refractivity contribution in [2.75, 3.05) is 11.9 Å². The third-order valence-electron chi connectivity index (χ3n) is 3.57. The summed E-state index contributed by atoms with van der Waals surface area (Å²) in [5.41, 5.74) is 3.96. The smallest absolute Gasteiger partial charge is 0.0986 e. The van der Waals surface area contributed by atoms with Crippen molar-refractivity contribution in [3.63, 3.8) is 0 Å². The highest BCUT2D eigenvalue weighted by Gasteiger charge is 2.16. The molecule has 2 nitrogen and oxygen atoms in total. The average Bonchev–Trinajstić information content (AvgIpc) is 2.48. The zero-order valence-electron chi connectivity index (χ0n) is 11.0. The fourth-order valence-corrected chi connectivity index (χ4v) is 2.49. The standard InChI is InChI=1S/C17H18N2/c1-14(18-17-9-3-2-4-10-17)19-12-11-15-7-5-6-8-16(15)13-19/h2-10,18H,1,11-13H2. The number of fused-ring (bicyclic) bond motifs is 1. The van der Waals surface area contributed by atoms with Gasteiger partial charge >= 0.3 is 0 Å². The van der Waals surface area contributed by atoms with E-state index in [0.29, 0.717) is 0 Å². The summed E-state index contributed by atoms with van der Waals surface area (Å²) in [6.07, 6.45) is 1.09. The maximum atomic E-state index is 4.16. The molecule has 2 heteroatoms. The monoisotopic (exact) mass is 250 g/mol. The molecule has 0 radical (unpaired) electrons. The van der Waals surface area contributed by atoms with Crippen molar-refractivity contribution >= 4 is 5.69 Å². The third kappa shape index (κ3) is 2.63. The van der Waals surface area contributed by atoms with E-state index in [4.69, 9.17) is 0 Å². The summed E-state index contributed by atoms with van der Waals surface area (Å²) in [7, 11) is 0. The average molecular weight is 250 g/mol. The number of rotatable bonds is 3. The van der Waals surface area contributed by atoms with Gasteiger partial charge in [0, 0.05) is 18.8 Å². The molecule has 0 saturated heterocycles. The molecule has 0 saturated carbocycles. The maximum absolute atomic E-state index is 4.16. The minimum Gasteiger partial charge on any atom is -0.354 e. The van der Waals surface area contributed by atoms with Gasteiger partial charge < -0.3 is 10.2 Å². The van der Waals surface area contributed by atoms with Crippen molar-refractivity contribution < 1.29 is 0 Å². The van der Waals surface area contributed by atoms with Crippen LogP contribution in [0.1, 0.15) is 11.1 Å². The molecule has 0 atom stereocenters. The zero-order chi connectivity index (χ0) is 13.1. The summed E-state index contributed by atoms with van der Waals surface area (Å²) >= 11 is 0. The van der Waals surface area contributed by atoms with Crippen molar-refractivity contribution in [2.24, 2.45) is 0 Å². The minimum absolute atomic E-state index is 0.939. The normalized spacial score (nSPS) is 13.8. The Hall–Kier alpha value is -2.22. The van der Waals surface area contributed by atoms with Gasteiger partial charge in [-0.15, -0.1) is 0 Å². The van der Waals surface area contributed by atoms with E-state index in [0.717, 1.165) is 31.0 Å². The molecular formula is C17H18N2. The molecule has 1 aliphatic rings. The minimum atomic E-state index is 0.939. The van der Waals surface area contributed by atoms with Crippen molar-refractivity contribution in [1.82, 2.24) is 4.90 Å². The Bertz CT molecular complexity index is 575. The van der Waals surface area contributed by atoms with Crippen LogP contribution < -0.4 is 5.32 Å². The molecule has 0 unspecified atom stereocenters. The Morgan fingerprint density at radius 3 is 2.42 bits per heavy atom. The Morgan fingerprint density at radius 1 is 0.947 bits per heavy atom. The lowest BCUT2D eigenvalue weighted by Gasteiger charge is -2.32. The highest BCUT2D eigenvalue weighted by atomic mass is 15.2. The molecular weight excluding hydrogens is 232 g/mol. The van der Waals surface area contributed by atoms with E-state index in [2.05, 4.69) is 53.2 Å². The van der Waals surface area contributed by atoms with E-state index < -0.39 is 0 Å². The molecule has 0 aromatic heterocycles. The van der Waals surface area contributed by atoms with Crippen molar-refractivity contribution in [2.45, 2.75) is 13.0 Å². The quantitative estimate of drug-likeness (QED) is 0.895. The second kappa shape index (κ2) is 5.19. The second-order valence-electron chi connectivity index (χ2n) is 4.88. The van der Waals surface area contributed by atoms with Crippen LogP contribution in [0.4, 0.5) is 5.69 Å². The molecule has 19 heavy (non-hydrogen) atoms. The Kier molecular flexibility index (Phi) is 3.23. The van der Waals surface area contributed by atoms with Crippen molar-refractivity contribution in [1.29, 1.82) is 0 Å². The fourth-order valence-electron chi connectivity index (χ4n) is 2.49. The molecule has 1 aliphatic heterocycles. The Morgan fingerprint density at radius 2 is 1.63 bits per heavy atom. The number of hydrogen-bond donors (Lipinski definition) is 1. The van der Waals surface area contributed by atoms with E-state index in [-0.39, 0.29) is 0 Å². The molecule has 96 valence electrons. The molecule has 0 aliphatic carbocycles. The van der Waals surface area contributed by atoms with Crippen molar-refractivity contribution in [3.05, 3.63) is 78.1 Å². The van der Waals surface area contributed by atoms with Crippen LogP contribution in [0, 0.1) is 0 Å². The van der Waals surface area contributed by atoms with Gasteiger partial charge in [-0.25, -0.2) is 0 Å². The molecule has 1 heterocycles. The molecule has 2 aromatic rings. The maximum Gasteiger partial charge on any atom is 0.0986 e. The van der Waals surface area contributed by atoms with Crippen LogP contribution >= 0.6 is 0 Å². The van der Waals surface area contributed by atoms with Crippen LogP contribution in [0.15, 0.2) is 67.0 Å². The zero-order valence-corrected chi connectivity index (χ0v) is 11.0. The lowest BCUT2D eigenvalue weighted by molar-refractivity contribution is 0.327. The first-order valence-electron chi connectivity index (χ1n) is 6.65. The van der Waals surface area contributed by atoms with Gasteiger partial charge in [0.15, 0.2) is 0 Å². The Balaban J connectivity index is 1.70. The summed E-state index contributed by atoms with van der Waals surface area (Å²) in [5, 5.41) is 3.37. The first-order valence-corrected chi connectivity index (χ1v) is 6.65. The van der Waals surface area contributed by atoms with Gasteiger partial charge in [-0.1, -0.05) is 49.0 Å². The summed E-state index contributed by atoms with van der Waals surface area (Å²) in [6, 6.07) is 18.8. The predicted molar refractivity (Wildman–Crippen MR) is 79.8 cm³/mol. The van der Waals surface area contributed by atoms with Gasteiger partial charge in [0.1, 0.15) is 0 Å². The van der Waals surface area contributed by atoms with Crippen LogP contribution in [0.2, 0.25) is 0 Å². The third-order valence-corrected chi connectivity index (χ3v) is 3.57. The second-order valence-corrected chi connectivity index (χ2v) is 4.88. The highest BCUT2D eigenvalue weighted by Crippen LogP contribution is 2.21. The lowest BCUT2D eigenvalue weighted by Crippen LogP contribution is -2.32. The van der Waals surface area contributed by atoms with E-state index in [1.54, 1.807) is 0 Å². The van der Waals surface area contributed by atoms with E-state index in [1.807, 2.05) is 18.2 Å². The molecule has 2 aromatic carbocycles. The predicted octanol–water partition coefficient (Wildman–Crippen LogP) is 3.63. The Labute approximate surface area is 114 Å². The number of para-hydroxylation sites is 1. The van der Waals surface area contributed by atoms with Crippen LogP contribution in [0.3, 0.4) is 0 Å². The summed E-state index contributed by atoms with van der Waals surface area (Å²) in [5.74, 6) is 0.973. The molecule has 0 fully saturated rings. The number of anilines is 1. The lowest BCUT2D eigenvalue weighted by atomic mass is 10.0. The SMILES string of the molecule is C=C(Nc1ccccc1)N1CCc2ccccc2C1. The molecule has 0 amide bonds. The summed E-state index contributed by atoms with van der Waals surface area (Å²) < 4.78 is 0. The van der Waals surface area contributed by atoms with Crippen LogP contribution in [0.5, 0.6) is 0 Å². The van der Waals surface area contributed by atoms with Gasteiger partial charge in [0.2, 0.25) is 0 Å². The summed E-state index contributed by atoms with van der Waals surface area (Å²) in [4.78, 5) is 2.30. The molecule has 1 N–H and O–H groups in total. The number of hydrogen-bond acceptors (Lipinski definition) is 2. The molecule has 0 bridgehead atoms. The van der Waals surface area contributed by atoms with Crippen LogP contribution in [0.25, 0.3) is 0 Å². The van der Waals surface area contributed by atoms with Gasteiger partial charge in [0.25, 0.3) is 0 Å². The van der Waals surface area contributed by atoms with Gasteiger partial charge in [-0.3, -0.25) is 0 Å². The van der Waals surface area contributed by atoms with Crippen LogP contribution in [-0.2, 0) is 13.0 Å². The first kappa shape index (κ1) is 11.8. The number of benzene rings is 2. The first-order chi connectivity index (χ1) is 9.33. The molecule has 0 spiro atoms. The van der Waals surface area contributed by atoms with Gasteiger partial charge in [-0.05, 0) is 29.7 Å². The van der Waals surface area contributed by atoms with E-state index in [1.165, 1.54) is 11.1 Å². The largest absolute Gasteiger partial charge is 0.354 e. The number of nitrogens with zero attached hydrogens (tertiary/aromatic N) is 1. The van der Waals surface area contributed by atoms with Gasteiger partial charge in [0.05, 0.1) is 5.82 Å².